The van der Waals surface area contributed by atoms with Gasteiger partial charge in [0, 0.05) is 0 Å². The summed E-state index contributed by atoms with van der Waals surface area (Å²) in [6.45, 7) is 18.3. The van der Waals surface area contributed by atoms with Crippen LogP contribution in [0, 0.1) is 0 Å². The summed E-state index contributed by atoms with van der Waals surface area (Å²) in [6, 6.07) is 8.66. The molecule has 1 aromatic heterocycles. The zero-order chi connectivity index (χ0) is 20.4. The summed E-state index contributed by atoms with van der Waals surface area (Å²) in [5, 5.41) is 0. The summed E-state index contributed by atoms with van der Waals surface area (Å²) >= 11 is 0. The topological polar surface area (TPSA) is 28.7 Å². The average molecular weight is 357 g/mol. The number of benzene rings is 1. The van der Waals surface area contributed by atoms with E-state index in [1.165, 1.54) is 17.5 Å². The smallest absolute Gasteiger partial charge is 0.133 e. The van der Waals surface area contributed by atoms with E-state index >= 15 is 0 Å². The SMILES string of the molecule is C/C=C\C=C(/C)c1ncc(-c2cccc(CCC)c2)[nH]1.CC.CC.CC. The van der Waals surface area contributed by atoms with E-state index in [1.807, 2.05) is 66.8 Å². The second-order valence-electron chi connectivity index (χ2n) is 4.97. The van der Waals surface area contributed by atoms with Gasteiger partial charge in [-0.3, -0.25) is 0 Å². The van der Waals surface area contributed by atoms with Gasteiger partial charge in [0.15, 0.2) is 0 Å². The predicted octanol–water partition coefficient (Wildman–Crippen LogP) is 8.09. The summed E-state index contributed by atoms with van der Waals surface area (Å²) in [6.07, 6.45) is 10.3. The molecule has 2 heteroatoms. The van der Waals surface area contributed by atoms with Gasteiger partial charge in [0.25, 0.3) is 0 Å². The maximum absolute atomic E-state index is 4.46. The fourth-order valence-electron chi connectivity index (χ4n) is 2.17. The number of H-pyrrole nitrogens is 1. The fraction of sp³-hybridized carbons (Fsp3) is 0.458. The zero-order valence-corrected chi connectivity index (χ0v) is 18.5. The Hall–Kier alpha value is -2.09. The molecule has 2 rings (SSSR count). The summed E-state index contributed by atoms with van der Waals surface area (Å²) in [5.41, 5.74) is 4.79. The van der Waals surface area contributed by atoms with Crippen molar-refractivity contribution in [2.75, 3.05) is 0 Å². The molecule has 0 aliphatic carbocycles. The first-order chi connectivity index (χ1) is 12.7. The Kier molecular flexibility index (Phi) is 17.8. The van der Waals surface area contributed by atoms with Crippen molar-refractivity contribution >= 4 is 5.57 Å². The molecule has 0 aliphatic rings. The van der Waals surface area contributed by atoms with Crippen molar-refractivity contribution in [1.29, 1.82) is 0 Å². The molecular weight excluding hydrogens is 316 g/mol. The Morgan fingerprint density at radius 1 is 1.08 bits per heavy atom. The lowest BCUT2D eigenvalue weighted by Gasteiger charge is -2.02. The largest absolute Gasteiger partial charge is 0.338 e. The molecule has 1 aromatic carbocycles. The Morgan fingerprint density at radius 2 is 1.73 bits per heavy atom. The molecule has 0 saturated heterocycles. The number of nitrogens with zero attached hydrogens (tertiary/aromatic N) is 1. The van der Waals surface area contributed by atoms with Crippen LogP contribution >= 0.6 is 0 Å². The van der Waals surface area contributed by atoms with E-state index in [9.17, 15) is 0 Å². The molecular formula is C24H40N2. The fourth-order valence-corrected chi connectivity index (χ4v) is 2.17. The van der Waals surface area contributed by atoms with E-state index in [0.717, 1.165) is 23.5 Å². The number of hydrogen-bond acceptors (Lipinski definition) is 1. The number of aryl methyl sites for hydroxylation is 1. The van der Waals surface area contributed by atoms with Gasteiger partial charge in [-0.2, -0.15) is 0 Å². The van der Waals surface area contributed by atoms with E-state index in [-0.39, 0.29) is 0 Å². The van der Waals surface area contributed by atoms with Crippen molar-refractivity contribution in [3.8, 4) is 11.3 Å². The molecule has 0 unspecified atom stereocenters. The van der Waals surface area contributed by atoms with Crippen LogP contribution in [-0.4, -0.2) is 9.97 Å². The lowest BCUT2D eigenvalue weighted by molar-refractivity contribution is 0.922. The Balaban J connectivity index is 0. The van der Waals surface area contributed by atoms with Gasteiger partial charge in [0.05, 0.1) is 11.9 Å². The molecule has 2 aromatic rings. The molecule has 0 aliphatic heterocycles. The van der Waals surface area contributed by atoms with Crippen molar-refractivity contribution < 1.29 is 0 Å². The number of aromatic nitrogens is 2. The lowest BCUT2D eigenvalue weighted by Crippen LogP contribution is -1.86. The summed E-state index contributed by atoms with van der Waals surface area (Å²) in [4.78, 5) is 7.86. The molecule has 0 bridgehead atoms. The van der Waals surface area contributed by atoms with Crippen LogP contribution in [-0.2, 0) is 6.42 Å². The van der Waals surface area contributed by atoms with Gasteiger partial charge in [-0.25, -0.2) is 4.98 Å². The first kappa shape index (κ1) is 26.1. The third-order valence-corrected chi connectivity index (χ3v) is 3.26. The van der Waals surface area contributed by atoms with Crippen molar-refractivity contribution in [3.63, 3.8) is 0 Å². The minimum Gasteiger partial charge on any atom is -0.338 e. The van der Waals surface area contributed by atoms with E-state index < -0.39 is 0 Å². The Bertz CT molecular complexity index is 619. The van der Waals surface area contributed by atoms with E-state index in [4.69, 9.17) is 0 Å². The normalized spacial score (nSPS) is 10.1. The quantitative estimate of drug-likeness (QED) is 0.539. The minimum atomic E-state index is 0.930. The van der Waals surface area contributed by atoms with Gasteiger partial charge in [0.1, 0.15) is 5.82 Å². The number of allylic oxidation sites excluding steroid dienone is 4. The zero-order valence-electron chi connectivity index (χ0n) is 18.5. The van der Waals surface area contributed by atoms with E-state index in [1.54, 1.807) is 0 Å². The van der Waals surface area contributed by atoms with Gasteiger partial charge in [-0.1, -0.05) is 91.3 Å². The molecule has 0 radical (unpaired) electrons. The van der Waals surface area contributed by atoms with Crippen LogP contribution in [0.4, 0.5) is 0 Å². The molecule has 0 atom stereocenters. The maximum atomic E-state index is 4.46. The summed E-state index contributed by atoms with van der Waals surface area (Å²) in [5.74, 6) is 0.930. The van der Waals surface area contributed by atoms with Gasteiger partial charge < -0.3 is 4.98 Å². The number of nitrogens with one attached hydrogen (secondary N) is 1. The van der Waals surface area contributed by atoms with Gasteiger partial charge in [-0.15, -0.1) is 0 Å². The monoisotopic (exact) mass is 356 g/mol. The molecule has 1 N–H and O–H groups in total. The Labute approximate surface area is 162 Å². The van der Waals surface area contributed by atoms with Crippen LogP contribution in [0.2, 0.25) is 0 Å². The standard InChI is InChI=1S/C18H22N2.3C2H6/c1-4-6-9-14(3)18-19-13-17(20-18)16-11-7-10-15(12-16)8-5-2;3*1-2/h4,6-7,9-13H,5,8H2,1-3H3,(H,19,20);3*1-2H3/b6-4-,14-9+;;;. The van der Waals surface area contributed by atoms with Crippen molar-refractivity contribution in [2.45, 2.75) is 75.2 Å². The van der Waals surface area contributed by atoms with Crippen LogP contribution in [0.1, 0.15) is 80.1 Å². The van der Waals surface area contributed by atoms with Crippen LogP contribution in [0.5, 0.6) is 0 Å². The predicted molar refractivity (Wildman–Crippen MR) is 121 cm³/mol. The molecule has 0 amide bonds. The highest BCUT2D eigenvalue weighted by Gasteiger charge is 2.05. The average Bonchev–Trinajstić information content (AvgIpc) is 3.22. The van der Waals surface area contributed by atoms with Gasteiger partial charge >= 0.3 is 0 Å². The van der Waals surface area contributed by atoms with E-state index in [0.29, 0.717) is 0 Å². The first-order valence-corrected chi connectivity index (χ1v) is 10.2. The third kappa shape index (κ3) is 9.41. The van der Waals surface area contributed by atoms with Gasteiger partial charge in [-0.05, 0) is 43.0 Å². The number of imidazole rings is 1. The number of aromatic amines is 1. The maximum Gasteiger partial charge on any atom is 0.133 e. The summed E-state index contributed by atoms with van der Waals surface area (Å²) < 4.78 is 0. The lowest BCUT2D eigenvalue weighted by atomic mass is 10.1. The minimum absolute atomic E-state index is 0.930. The molecule has 1 heterocycles. The highest BCUT2D eigenvalue weighted by Crippen LogP contribution is 2.21. The molecule has 0 fully saturated rings. The van der Waals surface area contributed by atoms with Gasteiger partial charge in [0.2, 0.25) is 0 Å². The second-order valence-corrected chi connectivity index (χ2v) is 4.97. The number of rotatable bonds is 5. The molecule has 146 valence electrons. The third-order valence-electron chi connectivity index (χ3n) is 3.26. The van der Waals surface area contributed by atoms with Crippen LogP contribution in [0.3, 0.4) is 0 Å². The molecule has 0 saturated carbocycles. The van der Waals surface area contributed by atoms with E-state index in [2.05, 4.69) is 54.2 Å². The highest BCUT2D eigenvalue weighted by molar-refractivity contribution is 5.65. The number of hydrogen-bond donors (Lipinski definition) is 1. The van der Waals surface area contributed by atoms with Crippen LogP contribution in [0.15, 0.2) is 48.7 Å². The van der Waals surface area contributed by atoms with Crippen LogP contribution in [0.25, 0.3) is 16.8 Å². The molecule has 2 nitrogen and oxygen atoms in total. The van der Waals surface area contributed by atoms with Crippen molar-refractivity contribution in [1.82, 2.24) is 9.97 Å². The van der Waals surface area contributed by atoms with Crippen LogP contribution < -0.4 is 0 Å². The van der Waals surface area contributed by atoms with Crippen molar-refractivity contribution in [2.24, 2.45) is 0 Å². The Morgan fingerprint density at radius 3 is 2.31 bits per heavy atom. The molecule has 0 spiro atoms. The summed E-state index contributed by atoms with van der Waals surface area (Å²) in [7, 11) is 0. The highest BCUT2D eigenvalue weighted by atomic mass is 14.9. The first-order valence-electron chi connectivity index (χ1n) is 10.2. The van der Waals surface area contributed by atoms with Crippen molar-refractivity contribution in [3.05, 3.63) is 60.1 Å². The second kappa shape index (κ2) is 17.7. The molecule has 26 heavy (non-hydrogen) atoms.